The Labute approximate surface area is 71.3 Å². The summed E-state index contributed by atoms with van der Waals surface area (Å²) >= 11 is 0. The van der Waals surface area contributed by atoms with Gasteiger partial charge in [-0.3, -0.25) is 0 Å². The number of esters is 1. The molecule has 3 heteroatoms. The van der Waals surface area contributed by atoms with Crippen LogP contribution in [-0.4, -0.2) is 16.7 Å². The van der Waals surface area contributed by atoms with Crippen LogP contribution in [0.4, 0.5) is 0 Å². The van der Waals surface area contributed by atoms with Gasteiger partial charge in [0.15, 0.2) is 0 Å². The van der Waals surface area contributed by atoms with Crippen molar-refractivity contribution in [1.82, 2.24) is 0 Å². The maximum Gasteiger partial charge on any atom is 0.336 e. The molecule has 0 amide bonds. The number of hydrogen-bond donors (Lipinski definition) is 1. The lowest BCUT2D eigenvalue weighted by molar-refractivity contribution is -0.132. The SMILES string of the molecule is CC1=CC(=O)O/C1=C\C(C)(C)O. The van der Waals surface area contributed by atoms with Crippen LogP contribution in [0.1, 0.15) is 20.8 Å². The van der Waals surface area contributed by atoms with Crippen LogP contribution < -0.4 is 0 Å². The average molecular weight is 168 g/mol. The molecule has 0 spiro atoms. The molecule has 1 N–H and O–H groups in total. The van der Waals surface area contributed by atoms with E-state index < -0.39 is 5.60 Å². The Morgan fingerprint density at radius 3 is 2.50 bits per heavy atom. The monoisotopic (exact) mass is 168 g/mol. The topological polar surface area (TPSA) is 46.5 Å². The fraction of sp³-hybridized carbons (Fsp3) is 0.444. The Morgan fingerprint density at radius 1 is 1.58 bits per heavy atom. The van der Waals surface area contributed by atoms with E-state index in [4.69, 9.17) is 4.74 Å². The summed E-state index contributed by atoms with van der Waals surface area (Å²) < 4.78 is 4.82. The molecule has 0 bridgehead atoms. The molecular formula is C9H12O3. The zero-order chi connectivity index (χ0) is 9.35. The summed E-state index contributed by atoms with van der Waals surface area (Å²) in [5.41, 5.74) is -0.197. The lowest BCUT2D eigenvalue weighted by Crippen LogP contribution is -2.15. The lowest BCUT2D eigenvalue weighted by atomic mass is 10.1. The van der Waals surface area contributed by atoms with Crippen molar-refractivity contribution in [3.63, 3.8) is 0 Å². The van der Waals surface area contributed by atoms with E-state index in [-0.39, 0.29) is 5.97 Å². The van der Waals surface area contributed by atoms with Crippen LogP contribution in [-0.2, 0) is 9.53 Å². The summed E-state index contributed by atoms with van der Waals surface area (Å²) in [5, 5.41) is 9.39. The molecule has 0 radical (unpaired) electrons. The molecule has 0 atom stereocenters. The number of carbonyl (C=O) groups is 1. The fourth-order valence-electron chi connectivity index (χ4n) is 0.930. The van der Waals surface area contributed by atoms with Crippen LogP contribution in [0.15, 0.2) is 23.5 Å². The van der Waals surface area contributed by atoms with Crippen molar-refractivity contribution < 1.29 is 14.6 Å². The van der Waals surface area contributed by atoms with Crippen molar-refractivity contribution in [2.75, 3.05) is 0 Å². The van der Waals surface area contributed by atoms with E-state index in [0.29, 0.717) is 5.76 Å². The first-order valence-corrected chi connectivity index (χ1v) is 3.74. The van der Waals surface area contributed by atoms with Gasteiger partial charge in [-0.2, -0.15) is 0 Å². The van der Waals surface area contributed by atoms with Gasteiger partial charge in [-0.25, -0.2) is 4.79 Å². The first kappa shape index (κ1) is 9.00. The van der Waals surface area contributed by atoms with E-state index >= 15 is 0 Å². The van der Waals surface area contributed by atoms with Gasteiger partial charge in [0, 0.05) is 6.08 Å². The standard InChI is InChI=1S/C9H12O3/c1-6-4-8(10)12-7(6)5-9(2,3)11/h4-5,11H,1-3H3/b7-5-. The van der Waals surface area contributed by atoms with Gasteiger partial charge in [0.25, 0.3) is 0 Å². The molecule has 3 nitrogen and oxygen atoms in total. The van der Waals surface area contributed by atoms with Crippen molar-refractivity contribution >= 4 is 5.97 Å². The van der Waals surface area contributed by atoms with Gasteiger partial charge < -0.3 is 9.84 Å². The highest BCUT2D eigenvalue weighted by Gasteiger charge is 2.19. The molecule has 1 rings (SSSR count). The van der Waals surface area contributed by atoms with Gasteiger partial charge in [-0.15, -0.1) is 0 Å². The van der Waals surface area contributed by atoms with Crippen molar-refractivity contribution in [2.45, 2.75) is 26.4 Å². The van der Waals surface area contributed by atoms with Gasteiger partial charge in [-0.1, -0.05) is 0 Å². The minimum atomic E-state index is -0.949. The Hall–Kier alpha value is -1.09. The second-order valence-corrected chi connectivity index (χ2v) is 3.41. The van der Waals surface area contributed by atoms with Gasteiger partial charge in [0.2, 0.25) is 0 Å². The fourth-order valence-corrected chi connectivity index (χ4v) is 0.930. The third kappa shape index (κ3) is 2.20. The number of allylic oxidation sites excluding steroid dienone is 1. The molecular weight excluding hydrogens is 156 g/mol. The van der Waals surface area contributed by atoms with Crippen LogP contribution in [0.25, 0.3) is 0 Å². The smallest absolute Gasteiger partial charge is 0.336 e. The lowest BCUT2D eigenvalue weighted by Gasteiger charge is -2.12. The third-order valence-electron chi connectivity index (χ3n) is 1.42. The molecule has 0 aromatic rings. The van der Waals surface area contributed by atoms with Crippen molar-refractivity contribution in [2.24, 2.45) is 0 Å². The maximum atomic E-state index is 10.7. The Kier molecular flexibility index (Phi) is 2.06. The first-order chi connectivity index (χ1) is 5.38. The molecule has 0 aromatic carbocycles. The number of aliphatic hydroxyl groups is 1. The van der Waals surface area contributed by atoms with E-state index in [9.17, 15) is 9.90 Å². The van der Waals surface area contributed by atoms with Crippen LogP contribution in [0.3, 0.4) is 0 Å². The minimum Gasteiger partial charge on any atom is -0.423 e. The van der Waals surface area contributed by atoms with Crippen molar-refractivity contribution in [3.05, 3.63) is 23.5 Å². The minimum absolute atomic E-state index is 0.372. The average Bonchev–Trinajstić information content (AvgIpc) is 2.06. The molecule has 1 aliphatic heterocycles. The summed E-state index contributed by atoms with van der Waals surface area (Å²) in [6.45, 7) is 5.02. The van der Waals surface area contributed by atoms with Gasteiger partial charge in [0.05, 0.1) is 5.60 Å². The molecule has 1 heterocycles. The number of hydrogen-bond acceptors (Lipinski definition) is 3. The van der Waals surface area contributed by atoms with Gasteiger partial charge in [0.1, 0.15) is 5.76 Å². The van der Waals surface area contributed by atoms with Gasteiger partial charge >= 0.3 is 5.97 Å². The van der Waals surface area contributed by atoms with Crippen LogP contribution in [0, 0.1) is 0 Å². The number of rotatable bonds is 1. The largest absolute Gasteiger partial charge is 0.423 e. The number of carbonyl (C=O) groups excluding carboxylic acids is 1. The molecule has 0 unspecified atom stereocenters. The molecule has 0 aliphatic carbocycles. The van der Waals surface area contributed by atoms with E-state index in [1.54, 1.807) is 20.8 Å². The third-order valence-corrected chi connectivity index (χ3v) is 1.42. The highest BCUT2D eigenvalue weighted by molar-refractivity contribution is 5.88. The van der Waals surface area contributed by atoms with Crippen molar-refractivity contribution in [1.29, 1.82) is 0 Å². The normalized spacial score (nSPS) is 21.2. The number of cyclic esters (lactones) is 1. The van der Waals surface area contributed by atoms with Gasteiger partial charge in [-0.05, 0) is 32.4 Å². The zero-order valence-corrected chi connectivity index (χ0v) is 7.42. The quantitative estimate of drug-likeness (QED) is 0.597. The van der Waals surface area contributed by atoms with Crippen LogP contribution in [0.2, 0.25) is 0 Å². The summed E-state index contributed by atoms with van der Waals surface area (Å²) in [6.07, 6.45) is 2.92. The Bertz CT molecular complexity index is 266. The predicted octanol–water partition coefficient (Wildman–Crippen LogP) is 1.14. The second-order valence-electron chi connectivity index (χ2n) is 3.41. The number of ether oxygens (including phenoxy) is 1. The molecule has 0 saturated heterocycles. The molecule has 66 valence electrons. The summed E-state index contributed by atoms with van der Waals surface area (Å²) in [5.74, 6) is 0.0792. The van der Waals surface area contributed by atoms with Crippen LogP contribution >= 0.6 is 0 Å². The highest BCUT2D eigenvalue weighted by Crippen LogP contribution is 2.21. The molecule has 12 heavy (non-hydrogen) atoms. The summed E-state index contributed by atoms with van der Waals surface area (Å²) in [4.78, 5) is 10.7. The maximum absolute atomic E-state index is 10.7. The Balaban J connectivity index is 2.87. The van der Waals surface area contributed by atoms with E-state index in [0.717, 1.165) is 5.57 Å². The zero-order valence-electron chi connectivity index (χ0n) is 7.42. The van der Waals surface area contributed by atoms with E-state index in [1.165, 1.54) is 12.2 Å². The predicted molar refractivity (Wildman–Crippen MR) is 44.2 cm³/mol. The molecule has 0 saturated carbocycles. The van der Waals surface area contributed by atoms with Crippen molar-refractivity contribution in [3.8, 4) is 0 Å². The molecule has 0 fully saturated rings. The first-order valence-electron chi connectivity index (χ1n) is 3.74. The Morgan fingerprint density at radius 2 is 2.17 bits per heavy atom. The van der Waals surface area contributed by atoms with E-state index in [1.807, 2.05) is 0 Å². The molecule has 0 aromatic heterocycles. The summed E-state index contributed by atoms with van der Waals surface area (Å²) in [6, 6.07) is 0. The van der Waals surface area contributed by atoms with E-state index in [2.05, 4.69) is 0 Å². The molecule has 1 aliphatic rings. The second kappa shape index (κ2) is 2.75. The van der Waals surface area contributed by atoms with Crippen LogP contribution in [0.5, 0.6) is 0 Å². The summed E-state index contributed by atoms with van der Waals surface area (Å²) in [7, 11) is 0. The highest BCUT2D eigenvalue weighted by atomic mass is 16.5.